The van der Waals surface area contributed by atoms with Gasteiger partial charge in [-0.1, -0.05) is 13.8 Å². The van der Waals surface area contributed by atoms with Crippen molar-refractivity contribution in [2.45, 2.75) is 19.9 Å². The Bertz CT molecular complexity index is 411. The Hall–Kier alpha value is -1.71. The van der Waals surface area contributed by atoms with Crippen LogP contribution in [-0.4, -0.2) is 25.7 Å². The van der Waals surface area contributed by atoms with Gasteiger partial charge in [0.25, 0.3) is 0 Å². The van der Waals surface area contributed by atoms with Gasteiger partial charge in [-0.25, -0.2) is 0 Å². The molecular formula is C13H19N3O. The minimum Gasteiger partial charge on any atom is -0.497 e. The van der Waals surface area contributed by atoms with Gasteiger partial charge in [-0.05, 0) is 30.2 Å². The molecular weight excluding hydrogens is 214 g/mol. The van der Waals surface area contributed by atoms with Crippen LogP contribution in [0.1, 0.15) is 13.8 Å². The Morgan fingerprint density at radius 1 is 1.35 bits per heavy atom. The van der Waals surface area contributed by atoms with E-state index < -0.39 is 0 Å². The van der Waals surface area contributed by atoms with Crippen LogP contribution in [-0.2, 0) is 0 Å². The van der Waals surface area contributed by atoms with E-state index in [9.17, 15) is 0 Å². The van der Waals surface area contributed by atoms with Gasteiger partial charge in [0.15, 0.2) is 5.96 Å². The topological polar surface area (TPSA) is 50.9 Å². The number of anilines is 1. The van der Waals surface area contributed by atoms with Crippen molar-refractivity contribution < 1.29 is 4.74 Å². The third-order valence-corrected chi connectivity index (χ3v) is 3.14. The van der Waals surface area contributed by atoms with Crippen LogP contribution in [0.2, 0.25) is 0 Å². The molecule has 0 saturated heterocycles. The van der Waals surface area contributed by atoms with Crippen LogP contribution in [0.25, 0.3) is 0 Å². The summed E-state index contributed by atoms with van der Waals surface area (Å²) in [5.41, 5.74) is 7.03. The third-order valence-electron chi connectivity index (χ3n) is 3.14. The van der Waals surface area contributed by atoms with Crippen LogP contribution in [0, 0.1) is 5.92 Å². The summed E-state index contributed by atoms with van der Waals surface area (Å²) in [6.45, 7) is 5.15. The summed E-state index contributed by atoms with van der Waals surface area (Å²) in [4.78, 5) is 6.43. The number of guanidine groups is 1. The summed E-state index contributed by atoms with van der Waals surface area (Å²) < 4.78 is 5.15. The van der Waals surface area contributed by atoms with Crippen LogP contribution in [0.5, 0.6) is 5.75 Å². The fraction of sp³-hybridized carbons (Fsp3) is 0.462. The molecule has 0 aromatic heterocycles. The SMILES string of the molecule is COc1ccc(N2C(N)=NCC2C(C)C)cc1. The second-order valence-corrected chi connectivity index (χ2v) is 4.58. The standard InChI is InChI=1S/C13H19N3O/c1-9(2)12-8-15-13(14)16(12)10-4-6-11(17-3)7-5-10/h4-7,9,12H,8H2,1-3H3,(H2,14,15). The van der Waals surface area contributed by atoms with E-state index >= 15 is 0 Å². The molecule has 0 saturated carbocycles. The molecule has 1 aromatic carbocycles. The highest BCUT2D eigenvalue weighted by molar-refractivity contribution is 5.97. The average molecular weight is 233 g/mol. The molecule has 92 valence electrons. The first-order valence-electron chi connectivity index (χ1n) is 5.86. The molecule has 0 amide bonds. The van der Waals surface area contributed by atoms with Crippen molar-refractivity contribution in [3.8, 4) is 5.75 Å². The second-order valence-electron chi connectivity index (χ2n) is 4.58. The number of methoxy groups -OCH3 is 1. The second kappa shape index (κ2) is 4.65. The lowest BCUT2D eigenvalue weighted by atomic mass is 10.0. The van der Waals surface area contributed by atoms with Gasteiger partial charge in [-0.3, -0.25) is 4.99 Å². The Kier molecular flexibility index (Phi) is 3.22. The lowest BCUT2D eigenvalue weighted by Gasteiger charge is -2.29. The minimum atomic E-state index is 0.350. The minimum absolute atomic E-state index is 0.350. The van der Waals surface area contributed by atoms with Crippen LogP contribution < -0.4 is 15.4 Å². The lowest BCUT2D eigenvalue weighted by Crippen LogP contribution is -2.43. The van der Waals surface area contributed by atoms with Crippen molar-refractivity contribution in [2.24, 2.45) is 16.6 Å². The average Bonchev–Trinajstić information content (AvgIpc) is 2.71. The monoisotopic (exact) mass is 233 g/mol. The Labute approximate surface area is 102 Å². The molecule has 1 aliphatic rings. The molecule has 4 nitrogen and oxygen atoms in total. The lowest BCUT2D eigenvalue weighted by molar-refractivity contribution is 0.414. The maximum absolute atomic E-state index is 5.95. The van der Waals surface area contributed by atoms with E-state index in [1.165, 1.54) is 0 Å². The van der Waals surface area contributed by atoms with Crippen LogP contribution in [0.4, 0.5) is 5.69 Å². The summed E-state index contributed by atoms with van der Waals surface area (Å²) in [5.74, 6) is 1.97. The van der Waals surface area contributed by atoms with Crippen molar-refractivity contribution in [3.63, 3.8) is 0 Å². The number of hydrogen-bond donors (Lipinski definition) is 1. The van der Waals surface area contributed by atoms with Gasteiger partial charge in [0, 0.05) is 5.69 Å². The number of ether oxygens (including phenoxy) is 1. The summed E-state index contributed by atoms with van der Waals surface area (Å²) in [6.07, 6.45) is 0. The van der Waals surface area contributed by atoms with Gasteiger partial charge in [0.2, 0.25) is 0 Å². The van der Waals surface area contributed by atoms with Crippen molar-refractivity contribution in [1.29, 1.82) is 0 Å². The predicted octanol–water partition coefficient (Wildman–Crippen LogP) is 1.85. The molecule has 0 fully saturated rings. The number of benzene rings is 1. The number of aliphatic imine (C=N–C) groups is 1. The Morgan fingerprint density at radius 2 is 2.00 bits per heavy atom. The Balaban J connectivity index is 2.26. The molecule has 4 heteroatoms. The van der Waals surface area contributed by atoms with E-state index in [4.69, 9.17) is 10.5 Å². The molecule has 1 unspecified atom stereocenters. The van der Waals surface area contributed by atoms with Gasteiger partial charge < -0.3 is 15.4 Å². The van der Waals surface area contributed by atoms with Crippen molar-refractivity contribution in [2.75, 3.05) is 18.6 Å². The predicted molar refractivity (Wildman–Crippen MR) is 70.6 cm³/mol. The van der Waals surface area contributed by atoms with Gasteiger partial charge in [0.05, 0.1) is 19.7 Å². The van der Waals surface area contributed by atoms with Gasteiger partial charge in [0.1, 0.15) is 5.75 Å². The number of hydrogen-bond acceptors (Lipinski definition) is 4. The van der Waals surface area contributed by atoms with E-state index in [1.807, 2.05) is 24.3 Å². The van der Waals surface area contributed by atoms with E-state index in [0.717, 1.165) is 18.0 Å². The molecule has 17 heavy (non-hydrogen) atoms. The molecule has 0 aliphatic carbocycles. The molecule has 1 aliphatic heterocycles. The molecule has 2 rings (SSSR count). The largest absolute Gasteiger partial charge is 0.497 e. The van der Waals surface area contributed by atoms with Crippen molar-refractivity contribution >= 4 is 11.6 Å². The highest BCUT2D eigenvalue weighted by Gasteiger charge is 2.29. The summed E-state index contributed by atoms with van der Waals surface area (Å²) >= 11 is 0. The summed E-state index contributed by atoms with van der Waals surface area (Å²) in [7, 11) is 1.66. The van der Waals surface area contributed by atoms with E-state index in [1.54, 1.807) is 7.11 Å². The Morgan fingerprint density at radius 3 is 2.53 bits per heavy atom. The summed E-state index contributed by atoms with van der Waals surface area (Å²) in [5, 5.41) is 0. The smallest absolute Gasteiger partial charge is 0.196 e. The first kappa shape index (κ1) is 11.8. The fourth-order valence-corrected chi connectivity index (χ4v) is 2.09. The maximum Gasteiger partial charge on any atom is 0.196 e. The van der Waals surface area contributed by atoms with Crippen LogP contribution in [0.15, 0.2) is 29.3 Å². The van der Waals surface area contributed by atoms with Crippen molar-refractivity contribution in [3.05, 3.63) is 24.3 Å². The van der Waals surface area contributed by atoms with Gasteiger partial charge in [-0.2, -0.15) is 0 Å². The zero-order valence-corrected chi connectivity index (χ0v) is 10.6. The summed E-state index contributed by atoms with van der Waals surface area (Å²) in [6, 6.07) is 8.27. The highest BCUT2D eigenvalue weighted by Crippen LogP contribution is 2.26. The number of nitrogens with two attached hydrogens (primary N) is 1. The number of rotatable bonds is 3. The third kappa shape index (κ3) is 2.20. The van der Waals surface area contributed by atoms with Gasteiger partial charge >= 0.3 is 0 Å². The maximum atomic E-state index is 5.95. The van der Waals surface area contributed by atoms with E-state index in [-0.39, 0.29) is 0 Å². The molecule has 1 heterocycles. The quantitative estimate of drug-likeness (QED) is 0.867. The van der Waals surface area contributed by atoms with Crippen molar-refractivity contribution in [1.82, 2.24) is 0 Å². The molecule has 0 radical (unpaired) electrons. The number of nitrogens with zero attached hydrogens (tertiary/aromatic N) is 2. The molecule has 0 bridgehead atoms. The molecule has 1 atom stereocenters. The first-order valence-corrected chi connectivity index (χ1v) is 5.86. The molecule has 0 spiro atoms. The van der Waals surface area contributed by atoms with E-state index in [2.05, 4.69) is 23.7 Å². The van der Waals surface area contributed by atoms with E-state index in [0.29, 0.717) is 17.9 Å². The first-order chi connectivity index (χ1) is 8.13. The van der Waals surface area contributed by atoms with Crippen LogP contribution in [0.3, 0.4) is 0 Å². The molecule has 2 N–H and O–H groups in total. The zero-order valence-electron chi connectivity index (χ0n) is 10.6. The zero-order chi connectivity index (χ0) is 12.4. The molecule has 1 aromatic rings. The normalized spacial score (nSPS) is 19.6. The highest BCUT2D eigenvalue weighted by atomic mass is 16.5. The van der Waals surface area contributed by atoms with Crippen LogP contribution >= 0.6 is 0 Å². The van der Waals surface area contributed by atoms with Gasteiger partial charge in [-0.15, -0.1) is 0 Å². The fourth-order valence-electron chi connectivity index (χ4n) is 2.09.